The molecule has 0 fully saturated rings. The van der Waals surface area contributed by atoms with E-state index in [2.05, 4.69) is 15.7 Å². The number of carbonyl (C=O) groups excluding carboxylic acids is 2. The molecule has 8 nitrogen and oxygen atoms in total. The molecule has 0 spiro atoms. The predicted molar refractivity (Wildman–Crippen MR) is 106 cm³/mol. The number of benzene rings is 1. The van der Waals surface area contributed by atoms with Crippen LogP contribution in [0.25, 0.3) is 0 Å². The molecule has 0 aliphatic rings. The summed E-state index contributed by atoms with van der Waals surface area (Å²) in [6.45, 7) is 3.95. The maximum atomic E-state index is 13.7. The molecule has 0 radical (unpaired) electrons. The molecule has 0 saturated carbocycles. The molecule has 1 aromatic heterocycles. The molecule has 1 atom stereocenters. The molecule has 0 bridgehead atoms. The molecule has 2 amide bonds. The Bertz CT molecular complexity index is 825. The summed E-state index contributed by atoms with van der Waals surface area (Å²) in [5.41, 5.74) is 0.410. The van der Waals surface area contributed by atoms with E-state index in [0.717, 1.165) is 12.8 Å². The molecule has 0 saturated heterocycles. The molecule has 29 heavy (non-hydrogen) atoms. The highest BCUT2D eigenvalue weighted by atomic mass is 19.1. The number of esters is 1. The molecule has 2 rings (SSSR count). The monoisotopic (exact) mass is 406 g/mol. The van der Waals surface area contributed by atoms with Crippen LogP contribution in [-0.4, -0.2) is 39.6 Å². The first-order chi connectivity index (χ1) is 14.0. The number of halogens is 1. The summed E-state index contributed by atoms with van der Waals surface area (Å²) in [6.07, 6.45) is 2.97. The first-order valence-corrected chi connectivity index (χ1v) is 9.65. The van der Waals surface area contributed by atoms with Crippen molar-refractivity contribution in [1.82, 2.24) is 15.1 Å². The molecule has 1 heterocycles. The minimum atomic E-state index is -0.674. The van der Waals surface area contributed by atoms with Gasteiger partial charge in [0.2, 0.25) is 0 Å². The van der Waals surface area contributed by atoms with Crippen LogP contribution in [0.1, 0.15) is 49.0 Å². The topological polar surface area (TPSA) is 105 Å². The van der Waals surface area contributed by atoms with Crippen molar-refractivity contribution in [1.29, 1.82) is 0 Å². The zero-order valence-electron chi connectivity index (χ0n) is 16.7. The fourth-order valence-corrected chi connectivity index (χ4v) is 2.71. The minimum Gasteiger partial charge on any atom is -0.462 e. The molecule has 1 aromatic carbocycles. The lowest BCUT2D eigenvalue weighted by Gasteiger charge is -2.15. The van der Waals surface area contributed by atoms with Gasteiger partial charge in [0.1, 0.15) is 17.2 Å². The number of hydrogen-bond donors (Lipinski definition) is 3. The Morgan fingerprint density at radius 2 is 2.07 bits per heavy atom. The third kappa shape index (κ3) is 6.56. The predicted octanol–water partition coefficient (Wildman–Crippen LogP) is 3.07. The van der Waals surface area contributed by atoms with E-state index in [1.165, 1.54) is 16.9 Å². The van der Waals surface area contributed by atoms with Crippen LogP contribution in [0.15, 0.2) is 30.5 Å². The summed E-state index contributed by atoms with van der Waals surface area (Å²) in [6, 6.07) is 5.47. The standard InChI is InChI=1S/C20H27FN4O4/c1-3-5-9-15(26)13-25-18(16(12-23-25)19(27)29-4-2)24-20(28)22-11-14-8-6-7-10-17(14)21/h6-8,10,12,15,26H,3-5,9,11,13H2,1-2H3,(H2,22,24,28). The number of anilines is 1. The van der Waals surface area contributed by atoms with Crippen LogP contribution in [0.2, 0.25) is 0 Å². The van der Waals surface area contributed by atoms with Gasteiger partial charge in [-0.3, -0.25) is 5.32 Å². The van der Waals surface area contributed by atoms with Crippen molar-refractivity contribution in [2.24, 2.45) is 0 Å². The van der Waals surface area contributed by atoms with Crippen LogP contribution in [0.5, 0.6) is 0 Å². The summed E-state index contributed by atoms with van der Waals surface area (Å²) in [4.78, 5) is 24.5. The van der Waals surface area contributed by atoms with Crippen LogP contribution >= 0.6 is 0 Å². The van der Waals surface area contributed by atoms with E-state index in [9.17, 15) is 19.1 Å². The summed E-state index contributed by atoms with van der Waals surface area (Å²) >= 11 is 0. The van der Waals surface area contributed by atoms with E-state index in [1.54, 1.807) is 25.1 Å². The number of rotatable bonds is 10. The molecular weight excluding hydrogens is 379 g/mol. The van der Waals surface area contributed by atoms with Crippen LogP contribution in [0, 0.1) is 5.82 Å². The molecular formula is C20H27FN4O4. The number of aliphatic hydroxyl groups is 1. The molecule has 158 valence electrons. The number of nitrogens with zero attached hydrogens (tertiary/aromatic N) is 2. The second kappa shape index (κ2) is 11.2. The number of nitrogens with one attached hydrogen (secondary N) is 2. The highest BCUT2D eigenvalue weighted by Gasteiger charge is 2.22. The van der Waals surface area contributed by atoms with Gasteiger partial charge in [0.05, 0.1) is 25.5 Å². The van der Waals surface area contributed by atoms with E-state index in [-0.39, 0.29) is 31.1 Å². The Kier molecular flexibility index (Phi) is 8.60. The Hall–Kier alpha value is -2.94. The highest BCUT2D eigenvalue weighted by Crippen LogP contribution is 2.18. The SMILES string of the molecule is CCCCC(O)Cn1ncc(C(=O)OCC)c1NC(=O)NCc1ccccc1F. The number of unbranched alkanes of at least 4 members (excludes halogenated alkanes) is 1. The molecule has 2 aromatic rings. The van der Waals surface area contributed by atoms with Crippen molar-refractivity contribution in [3.05, 3.63) is 47.4 Å². The summed E-state index contributed by atoms with van der Waals surface area (Å²) in [5, 5.41) is 19.4. The molecule has 3 N–H and O–H groups in total. The van der Waals surface area contributed by atoms with Crippen molar-refractivity contribution in [3.8, 4) is 0 Å². The Labute approximate surface area is 169 Å². The van der Waals surface area contributed by atoms with Crippen LogP contribution in [0.4, 0.5) is 15.0 Å². The van der Waals surface area contributed by atoms with Gasteiger partial charge in [0.25, 0.3) is 0 Å². The normalized spacial score (nSPS) is 11.7. The van der Waals surface area contributed by atoms with E-state index >= 15 is 0 Å². The second-order valence-electron chi connectivity index (χ2n) is 6.50. The first-order valence-electron chi connectivity index (χ1n) is 9.65. The van der Waals surface area contributed by atoms with Gasteiger partial charge in [-0.15, -0.1) is 0 Å². The number of aliphatic hydroxyl groups excluding tert-OH is 1. The van der Waals surface area contributed by atoms with Gasteiger partial charge in [0.15, 0.2) is 0 Å². The van der Waals surface area contributed by atoms with Crippen molar-refractivity contribution >= 4 is 17.8 Å². The molecule has 9 heteroatoms. The van der Waals surface area contributed by atoms with E-state index in [0.29, 0.717) is 12.0 Å². The summed E-state index contributed by atoms with van der Waals surface area (Å²) in [5.74, 6) is -0.944. The second-order valence-corrected chi connectivity index (χ2v) is 6.50. The van der Waals surface area contributed by atoms with Crippen molar-refractivity contribution in [2.45, 2.75) is 52.3 Å². The van der Waals surface area contributed by atoms with Gasteiger partial charge in [-0.2, -0.15) is 5.10 Å². The Morgan fingerprint density at radius 3 is 2.76 bits per heavy atom. The number of urea groups is 1. The van der Waals surface area contributed by atoms with Gasteiger partial charge in [-0.05, 0) is 19.4 Å². The zero-order valence-corrected chi connectivity index (χ0v) is 16.7. The minimum absolute atomic E-state index is 0.0273. The summed E-state index contributed by atoms with van der Waals surface area (Å²) < 4.78 is 20.1. The number of ether oxygens (including phenoxy) is 1. The average molecular weight is 406 g/mol. The van der Waals surface area contributed by atoms with Gasteiger partial charge >= 0.3 is 12.0 Å². The van der Waals surface area contributed by atoms with E-state index in [4.69, 9.17) is 4.74 Å². The smallest absolute Gasteiger partial charge is 0.343 e. The largest absolute Gasteiger partial charge is 0.462 e. The fraction of sp³-hybridized carbons (Fsp3) is 0.450. The lowest BCUT2D eigenvalue weighted by atomic mass is 10.1. The zero-order chi connectivity index (χ0) is 21.2. The highest BCUT2D eigenvalue weighted by molar-refractivity contribution is 5.99. The van der Waals surface area contributed by atoms with Gasteiger partial charge in [-0.1, -0.05) is 38.0 Å². The number of aromatic nitrogens is 2. The first kappa shape index (κ1) is 22.4. The number of hydrogen-bond acceptors (Lipinski definition) is 5. The fourth-order valence-electron chi connectivity index (χ4n) is 2.71. The van der Waals surface area contributed by atoms with Crippen molar-refractivity contribution in [3.63, 3.8) is 0 Å². The van der Waals surface area contributed by atoms with Crippen LogP contribution in [0.3, 0.4) is 0 Å². The van der Waals surface area contributed by atoms with Gasteiger partial charge in [-0.25, -0.2) is 18.7 Å². The maximum Gasteiger partial charge on any atom is 0.343 e. The molecule has 0 aliphatic heterocycles. The van der Waals surface area contributed by atoms with Crippen LogP contribution < -0.4 is 10.6 Å². The molecule has 1 unspecified atom stereocenters. The average Bonchev–Trinajstić information content (AvgIpc) is 3.08. The van der Waals surface area contributed by atoms with Crippen molar-refractivity contribution in [2.75, 3.05) is 11.9 Å². The lowest BCUT2D eigenvalue weighted by Crippen LogP contribution is -2.31. The number of amides is 2. The van der Waals surface area contributed by atoms with E-state index in [1.807, 2.05) is 6.92 Å². The maximum absolute atomic E-state index is 13.7. The Morgan fingerprint density at radius 1 is 1.31 bits per heavy atom. The van der Waals surface area contributed by atoms with E-state index < -0.39 is 23.9 Å². The number of carbonyl (C=O) groups is 2. The van der Waals surface area contributed by atoms with Crippen molar-refractivity contribution < 1.29 is 23.8 Å². The third-order valence-electron chi connectivity index (χ3n) is 4.24. The quantitative estimate of drug-likeness (QED) is 0.526. The lowest BCUT2D eigenvalue weighted by molar-refractivity contribution is 0.0527. The van der Waals surface area contributed by atoms with Gasteiger partial charge < -0.3 is 15.2 Å². The van der Waals surface area contributed by atoms with Gasteiger partial charge in [0, 0.05) is 12.1 Å². The summed E-state index contributed by atoms with van der Waals surface area (Å²) in [7, 11) is 0. The molecule has 0 aliphatic carbocycles. The Balaban J connectivity index is 2.12. The third-order valence-corrected chi connectivity index (χ3v) is 4.24. The van der Waals surface area contributed by atoms with Crippen LogP contribution in [-0.2, 0) is 17.8 Å².